The number of carbonyl (C=O) groups is 2. The fraction of sp³-hybridized carbons (Fsp3) is 0.345. The number of likely N-dealkylation sites (N-methyl/N-ethyl adjacent to an activating group) is 1. The Morgan fingerprint density at radius 3 is 2.50 bits per heavy atom. The highest BCUT2D eigenvalue weighted by molar-refractivity contribution is 6.04. The van der Waals surface area contributed by atoms with Crippen molar-refractivity contribution in [3.05, 3.63) is 71.2 Å². The number of benzene rings is 2. The molecule has 5 rings (SSSR count). The van der Waals surface area contributed by atoms with E-state index in [1.54, 1.807) is 24.0 Å². The van der Waals surface area contributed by atoms with Crippen LogP contribution in [0.25, 0.3) is 0 Å². The maximum atomic E-state index is 13.3. The molecule has 0 spiro atoms. The van der Waals surface area contributed by atoms with Gasteiger partial charge in [-0.15, -0.1) is 0 Å². The predicted octanol–water partition coefficient (Wildman–Crippen LogP) is 4.87. The Morgan fingerprint density at radius 1 is 1.08 bits per heavy atom. The number of halogens is 1. The lowest BCUT2D eigenvalue weighted by Gasteiger charge is -2.38. The number of carbonyl (C=O) groups excluding carboxylic acids is 2. The normalized spacial score (nSPS) is 18.6. The van der Waals surface area contributed by atoms with Crippen LogP contribution in [0.2, 0.25) is 0 Å². The summed E-state index contributed by atoms with van der Waals surface area (Å²) < 4.78 is 19.3. The van der Waals surface area contributed by atoms with Crippen molar-refractivity contribution >= 4 is 34.7 Å². The molecule has 2 aromatic carbocycles. The van der Waals surface area contributed by atoms with Gasteiger partial charge in [-0.1, -0.05) is 32.0 Å². The molecule has 0 saturated carbocycles. The summed E-state index contributed by atoms with van der Waals surface area (Å²) in [5, 5.41) is 6.41. The Kier molecular flexibility index (Phi) is 6.69. The van der Waals surface area contributed by atoms with Crippen LogP contribution in [0.3, 0.4) is 0 Å². The first kappa shape index (κ1) is 25.5. The van der Waals surface area contributed by atoms with Crippen molar-refractivity contribution in [3.63, 3.8) is 0 Å². The second kappa shape index (κ2) is 9.96. The second-order valence-corrected chi connectivity index (χ2v) is 10.2. The van der Waals surface area contributed by atoms with Crippen LogP contribution < -0.4 is 25.2 Å². The van der Waals surface area contributed by atoms with Gasteiger partial charge in [0.1, 0.15) is 23.4 Å². The minimum Gasteiger partial charge on any atom is -0.479 e. The average molecular weight is 518 g/mol. The number of nitrogens with zero attached hydrogens (tertiary/aromatic N) is 3. The molecule has 0 radical (unpaired) electrons. The molecule has 1 unspecified atom stereocenters. The van der Waals surface area contributed by atoms with Crippen molar-refractivity contribution in [2.45, 2.75) is 52.9 Å². The Morgan fingerprint density at radius 2 is 1.79 bits per heavy atom. The zero-order chi connectivity index (χ0) is 27.1. The number of ether oxygens (including phenoxy) is 1. The van der Waals surface area contributed by atoms with Crippen molar-refractivity contribution in [1.29, 1.82) is 0 Å². The monoisotopic (exact) mass is 517 g/mol. The van der Waals surface area contributed by atoms with E-state index in [1.165, 1.54) is 12.1 Å². The van der Waals surface area contributed by atoms with Gasteiger partial charge in [-0.2, -0.15) is 0 Å². The van der Waals surface area contributed by atoms with Gasteiger partial charge in [0.05, 0.1) is 29.3 Å². The molecule has 3 aromatic rings. The van der Waals surface area contributed by atoms with E-state index in [2.05, 4.69) is 15.6 Å². The Balaban J connectivity index is 1.35. The number of fused-ring (bicyclic) bond motifs is 2. The molecule has 0 aliphatic carbocycles. The van der Waals surface area contributed by atoms with E-state index in [0.29, 0.717) is 30.3 Å². The minimum absolute atomic E-state index is 0.0177. The molecule has 9 heteroatoms. The highest BCUT2D eigenvalue weighted by atomic mass is 19.1. The first-order chi connectivity index (χ1) is 18.1. The molecule has 0 saturated heterocycles. The lowest BCUT2D eigenvalue weighted by atomic mass is 9.98. The van der Waals surface area contributed by atoms with Crippen LogP contribution in [0.15, 0.2) is 48.5 Å². The molecule has 2 aliphatic heterocycles. The van der Waals surface area contributed by atoms with Crippen molar-refractivity contribution in [1.82, 2.24) is 4.98 Å². The fourth-order valence-electron chi connectivity index (χ4n) is 5.14. The molecule has 3 heterocycles. The molecule has 0 bridgehead atoms. The minimum atomic E-state index is -0.629. The molecule has 2 aliphatic rings. The SMILES string of the molecule is Cc1nc(NCc2ccc3c(c2)O[C@H](C)C(=O)N3Cc2ccc(F)cc2)cc2c1NC(=O)C(C(C)C)N2C. The van der Waals surface area contributed by atoms with Crippen LogP contribution in [0.1, 0.15) is 37.6 Å². The summed E-state index contributed by atoms with van der Waals surface area (Å²) in [5.74, 6) is 1.01. The number of rotatable bonds is 6. The maximum Gasteiger partial charge on any atom is 0.268 e. The van der Waals surface area contributed by atoms with Crippen LogP contribution in [0, 0.1) is 18.7 Å². The molecule has 2 N–H and O–H groups in total. The Hall–Kier alpha value is -4.14. The van der Waals surface area contributed by atoms with Crippen LogP contribution in [0.4, 0.5) is 27.3 Å². The highest BCUT2D eigenvalue weighted by Gasteiger charge is 2.34. The van der Waals surface area contributed by atoms with Crippen molar-refractivity contribution in [2.24, 2.45) is 5.92 Å². The van der Waals surface area contributed by atoms with Gasteiger partial charge in [0.15, 0.2) is 6.10 Å². The van der Waals surface area contributed by atoms with Crippen LogP contribution in [0.5, 0.6) is 5.75 Å². The number of hydrogen-bond acceptors (Lipinski definition) is 6. The molecule has 198 valence electrons. The summed E-state index contributed by atoms with van der Waals surface area (Å²) in [6, 6.07) is 13.6. The number of pyridine rings is 1. The van der Waals surface area contributed by atoms with Crippen LogP contribution >= 0.6 is 0 Å². The molecular weight excluding hydrogens is 485 g/mol. The standard InChI is InChI=1S/C29H32FN5O3/c1-16(2)27-28(36)33-26-17(3)32-25(13-23(26)34(27)5)31-14-20-8-11-22-24(12-20)38-18(4)29(37)35(22)15-19-6-9-21(30)10-7-19/h6-13,16,18,27H,14-15H2,1-5H3,(H,31,32)(H,33,36)/t18-,27?/m1/s1. The van der Waals surface area contributed by atoms with E-state index in [-0.39, 0.29) is 29.6 Å². The van der Waals surface area contributed by atoms with E-state index in [0.717, 1.165) is 28.2 Å². The number of aromatic nitrogens is 1. The zero-order valence-electron chi connectivity index (χ0n) is 22.2. The molecule has 8 nitrogen and oxygen atoms in total. The Labute approximate surface area is 221 Å². The van der Waals surface area contributed by atoms with Crippen LogP contribution in [-0.2, 0) is 22.7 Å². The number of hydrogen-bond donors (Lipinski definition) is 2. The maximum absolute atomic E-state index is 13.3. The van der Waals surface area contributed by atoms with E-state index < -0.39 is 6.10 Å². The third-order valence-electron chi connectivity index (χ3n) is 7.09. The molecule has 2 atom stereocenters. The number of anilines is 4. The lowest BCUT2D eigenvalue weighted by Crippen LogP contribution is -2.49. The number of amides is 2. The van der Waals surface area contributed by atoms with E-state index in [4.69, 9.17) is 4.74 Å². The molecule has 38 heavy (non-hydrogen) atoms. The lowest BCUT2D eigenvalue weighted by molar-refractivity contribution is -0.125. The third kappa shape index (κ3) is 4.76. The number of aryl methyl sites for hydroxylation is 1. The third-order valence-corrected chi connectivity index (χ3v) is 7.09. The number of nitrogens with one attached hydrogen (secondary N) is 2. The summed E-state index contributed by atoms with van der Waals surface area (Å²) in [6.45, 7) is 8.50. The largest absolute Gasteiger partial charge is 0.479 e. The van der Waals surface area contributed by atoms with Gasteiger partial charge in [0, 0.05) is 19.7 Å². The Bertz CT molecular complexity index is 1390. The van der Waals surface area contributed by atoms with Gasteiger partial charge in [-0.25, -0.2) is 9.37 Å². The van der Waals surface area contributed by atoms with Gasteiger partial charge in [-0.3, -0.25) is 9.59 Å². The van der Waals surface area contributed by atoms with E-state index in [1.807, 2.05) is 57.0 Å². The fourth-order valence-corrected chi connectivity index (χ4v) is 5.14. The average Bonchev–Trinajstić information content (AvgIpc) is 2.87. The first-order valence-corrected chi connectivity index (χ1v) is 12.8. The first-order valence-electron chi connectivity index (χ1n) is 12.8. The van der Waals surface area contributed by atoms with E-state index >= 15 is 0 Å². The summed E-state index contributed by atoms with van der Waals surface area (Å²) in [5.41, 5.74) is 4.88. The van der Waals surface area contributed by atoms with Crippen LogP contribution in [-0.4, -0.2) is 36.0 Å². The highest BCUT2D eigenvalue weighted by Crippen LogP contribution is 2.38. The summed E-state index contributed by atoms with van der Waals surface area (Å²) in [6.07, 6.45) is -0.629. The molecule has 2 amide bonds. The van der Waals surface area contributed by atoms with Gasteiger partial charge in [-0.05, 0) is 55.2 Å². The van der Waals surface area contributed by atoms with Gasteiger partial charge in [0.2, 0.25) is 5.91 Å². The van der Waals surface area contributed by atoms with E-state index in [9.17, 15) is 14.0 Å². The van der Waals surface area contributed by atoms with Crippen molar-refractivity contribution in [2.75, 3.05) is 27.5 Å². The summed E-state index contributed by atoms with van der Waals surface area (Å²) in [4.78, 5) is 33.8. The van der Waals surface area contributed by atoms with Crippen molar-refractivity contribution in [3.8, 4) is 5.75 Å². The summed E-state index contributed by atoms with van der Waals surface area (Å²) >= 11 is 0. The summed E-state index contributed by atoms with van der Waals surface area (Å²) in [7, 11) is 1.94. The second-order valence-electron chi connectivity index (χ2n) is 10.2. The van der Waals surface area contributed by atoms with Crippen molar-refractivity contribution < 1.29 is 18.7 Å². The quantitative estimate of drug-likeness (QED) is 0.485. The predicted molar refractivity (Wildman–Crippen MR) is 146 cm³/mol. The smallest absolute Gasteiger partial charge is 0.268 e. The molecule has 1 aromatic heterocycles. The van der Waals surface area contributed by atoms with Gasteiger partial charge < -0.3 is 25.2 Å². The zero-order valence-corrected chi connectivity index (χ0v) is 22.2. The molecule has 0 fully saturated rings. The molecular formula is C29H32FN5O3. The topological polar surface area (TPSA) is 86.8 Å². The van der Waals surface area contributed by atoms with Gasteiger partial charge >= 0.3 is 0 Å². The van der Waals surface area contributed by atoms with Gasteiger partial charge in [0.25, 0.3) is 5.91 Å².